The Kier molecular flexibility index (Phi) is 6.61. The summed E-state index contributed by atoms with van der Waals surface area (Å²) in [6.07, 6.45) is 6.39. The lowest BCUT2D eigenvalue weighted by molar-refractivity contribution is 0.208. The van der Waals surface area contributed by atoms with Gasteiger partial charge >= 0.3 is 0 Å². The summed E-state index contributed by atoms with van der Waals surface area (Å²) in [7, 11) is 0. The molecule has 1 saturated heterocycles. The Hall–Kier alpha value is -3.20. The van der Waals surface area contributed by atoms with Crippen LogP contribution >= 0.6 is 0 Å². The molecule has 0 amide bonds. The Morgan fingerprint density at radius 2 is 2.00 bits per heavy atom. The van der Waals surface area contributed by atoms with Crippen LogP contribution in [0, 0.1) is 0 Å². The number of nitrogens with two attached hydrogens (primary N) is 2. The van der Waals surface area contributed by atoms with E-state index in [0.29, 0.717) is 18.9 Å². The van der Waals surface area contributed by atoms with Gasteiger partial charge in [-0.15, -0.1) is 0 Å². The number of guanidine groups is 1. The van der Waals surface area contributed by atoms with Gasteiger partial charge in [0.05, 0.1) is 0 Å². The predicted octanol–water partition coefficient (Wildman–Crippen LogP) is 1.70. The number of hydrogen-bond acceptors (Lipinski definition) is 5. The van der Waals surface area contributed by atoms with Gasteiger partial charge < -0.3 is 21.7 Å². The summed E-state index contributed by atoms with van der Waals surface area (Å²) in [6.45, 7) is 3.68. The molecule has 4 rings (SSSR count). The maximum absolute atomic E-state index is 12.7. The largest absolute Gasteiger partial charge is 0.370 e. The van der Waals surface area contributed by atoms with E-state index in [9.17, 15) is 4.79 Å². The first-order valence-electron chi connectivity index (χ1n) is 10.9. The predicted molar refractivity (Wildman–Crippen MR) is 124 cm³/mol. The highest BCUT2D eigenvalue weighted by Gasteiger charge is 2.23. The van der Waals surface area contributed by atoms with E-state index >= 15 is 0 Å². The van der Waals surface area contributed by atoms with Crippen LogP contribution in [0.25, 0.3) is 0 Å². The molecule has 2 aliphatic heterocycles. The molecule has 164 valence electrons. The van der Waals surface area contributed by atoms with E-state index in [1.807, 2.05) is 18.2 Å². The van der Waals surface area contributed by atoms with Gasteiger partial charge in [-0.3, -0.25) is 14.8 Å². The molecular weight excluding hydrogens is 392 g/mol. The third-order valence-corrected chi connectivity index (χ3v) is 5.91. The smallest absolute Gasteiger partial charge is 0.255 e. The minimum absolute atomic E-state index is 0.0828. The van der Waals surface area contributed by atoms with E-state index < -0.39 is 0 Å². The molecule has 0 spiro atoms. The van der Waals surface area contributed by atoms with Gasteiger partial charge in [-0.25, -0.2) is 4.98 Å². The Morgan fingerprint density at radius 1 is 1.19 bits per heavy atom. The van der Waals surface area contributed by atoms with E-state index in [-0.39, 0.29) is 17.4 Å². The van der Waals surface area contributed by atoms with Gasteiger partial charge in [0.1, 0.15) is 5.84 Å². The van der Waals surface area contributed by atoms with E-state index in [0.717, 1.165) is 62.4 Å². The number of para-hydroxylation sites is 1. The lowest BCUT2D eigenvalue weighted by Crippen LogP contribution is -2.35. The highest BCUT2D eigenvalue weighted by molar-refractivity contribution is 6.03. The highest BCUT2D eigenvalue weighted by Crippen LogP contribution is 2.26. The fraction of sp³-hybridized carbons (Fsp3) is 0.455. The zero-order valence-electron chi connectivity index (χ0n) is 17.7. The van der Waals surface area contributed by atoms with Crippen LogP contribution in [0.2, 0.25) is 0 Å². The molecule has 1 aromatic carbocycles. The molecule has 0 atom stereocenters. The second kappa shape index (κ2) is 9.74. The van der Waals surface area contributed by atoms with Crippen molar-refractivity contribution in [3.05, 3.63) is 51.9 Å². The summed E-state index contributed by atoms with van der Waals surface area (Å²) in [4.78, 5) is 30.9. The molecule has 6 N–H and O–H groups in total. The topological polar surface area (TPSA) is 138 Å². The first kappa shape index (κ1) is 21.0. The molecule has 9 nitrogen and oxygen atoms in total. The van der Waals surface area contributed by atoms with Crippen LogP contribution in [0.15, 0.2) is 45.2 Å². The summed E-state index contributed by atoms with van der Waals surface area (Å²) < 4.78 is 0. The highest BCUT2D eigenvalue weighted by atomic mass is 16.1. The fourth-order valence-corrected chi connectivity index (χ4v) is 4.24. The van der Waals surface area contributed by atoms with Crippen LogP contribution in [0.5, 0.6) is 0 Å². The SMILES string of the molecule is NC(N)=NCCCCN1CCC(c2cnc(N=C3Cc4ccccc4N3)[nH]c2=O)CC1. The molecule has 0 aliphatic carbocycles. The van der Waals surface area contributed by atoms with Crippen molar-refractivity contribution in [3.63, 3.8) is 0 Å². The van der Waals surface area contributed by atoms with E-state index in [2.05, 4.69) is 36.2 Å². The van der Waals surface area contributed by atoms with Crippen LogP contribution in [0.3, 0.4) is 0 Å². The van der Waals surface area contributed by atoms with E-state index in [4.69, 9.17) is 11.5 Å². The van der Waals surface area contributed by atoms with Crippen molar-refractivity contribution in [2.75, 3.05) is 31.5 Å². The van der Waals surface area contributed by atoms with Gasteiger partial charge in [0.25, 0.3) is 5.56 Å². The van der Waals surface area contributed by atoms with Gasteiger partial charge in [0.15, 0.2) is 5.96 Å². The van der Waals surface area contributed by atoms with Crippen LogP contribution in [-0.2, 0) is 6.42 Å². The number of fused-ring (bicyclic) bond motifs is 1. The summed E-state index contributed by atoms with van der Waals surface area (Å²) in [5.74, 6) is 1.54. The van der Waals surface area contributed by atoms with Gasteiger partial charge in [-0.2, -0.15) is 4.99 Å². The average molecular weight is 423 g/mol. The van der Waals surface area contributed by atoms with Crippen LogP contribution in [-0.4, -0.2) is 52.8 Å². The van der Waals surface area contributed by atoms with Crippen LogP contribution < -0.4 is 22.3 Å². The molecular formula is C22H30N8O. The number of aromatic nitrogens is 2. The van der Waals surface area contributed by atoms with Crippen LogP contribution in [0.1, 0.15) is 42.7 Å². The Balaban J connectivity index is 1.29. The van der Waals surface area contributed by atoms with E-state index in [1.165, 1.54) is 5.56 Å². The number of hydrogen-bond donors (Lipinski definition) is 4. The van der Waals surface area contributed by atoms with Gasteiger partial charge in [-0.05, 0) is 62.9 Å². The number of nitrogens with one attached hydrogen (secondary N) is 2. The normalized spacial score (nSPS) is 18.0. The third kappa shape index (κ3) is 5.49. The first-order chi connectivity index (χ1) is 15.1. The lowest BCUT2D eigenvalue weighted by Gasteiger charge is -2.31. The third-order valence-electron chi connectivity index (χ3n) is 5.91. The zero-order valence-corrected chi connectivity index (χ0v) is 17.7. The molecule has 9 heteroatoms. The number of nitrogens with zero attached hydrogens (tertiary/aromatic N) is 4. The van der Waals surface area contributed by atoms with Crippen molar-refractivity contribution in [1.29, 1.82) is 0 Å². The maximum atomic E-state index is 12.7. The number of aromatic amines is 1. The minimum atomic E-state index is -0.0828. The Labute approximate surface area is 181 Å². The number of benzene rings is 1. The van der Waals surface area contributed by atoms with Crippen molar-refractivity contribution >= 4 is 23.4 Å². The Bertz CT molecular complexity index is 989. The van der Waals surface area contributed by atoms with Crippen LogP contribution in [0.4, 0.5) is 11.6 Å². The quantitative estimate of drug-likeness (QED) is 0.304. The number of piperidine rings is 1. The summed E-state index contributed by atoms with van der Waals surface area (Å²) >= 11 is 0. The molecule has 1 aromatic heterocycles. The molecule has 0 radical (unpaired) electrons. The number of anilines is 1. The number of amidine groups is 1. The zero-order chi connectivity index (χ0) is 21.6. The number of likely N-dealkylation sites (tertiary alicyclic amines) is 1. The van der Waals surface area contributed by atoms with E-state index in [1.54, 1.807) is 6.20 Å². The second-order valence-electron chi connectivity index (χ2n) is 8.14. The molecule has 2 aromatic rings. The summed E-state index contributed by atoms with van der Waals surface area (Å²) in [5.41, 5.74) is 13.6. The van der Waals surface area contributed by atoms with Gasteiger partial charge in [0.2, 0.25) is 5.95 Å². The number of unbranched alkanes of at least 4 members (excludes halogenated alkanes) is 1. The van der Waals surface area contributed by atoms with Gasteiger partial charge in [-0.1, -0.05) is 18.2 Å². The molecule has 31 heavy (non-hydrogen) atoms. The van der Waals surface area contributed by atoms with Gasteiger partial charge in [0, 0.05) is 30.4 Å². The molecule has 1 fully saturated rings. The minimum Gasteiger partial charge on any atom is -0.370 e. The number of aliphatic imine (C=N–C) groups is 2. The number of H-pyrrole nitrogens is 1. The molecule has 2 aliphatic rings. The van der Waals surface area contributed by atoms with Crippen molar-refractivity contribution < 1.29 is 0 Å². The average Bonchev–Trinajstić information content (AvgIpc) is 3.16. The maximum Gasteiger partial charge on any atom is 0.255 e. The van der Waals surface area contributed by atoms with Crippen molar-refractivity contribution in [2.45, 2.75) is 38.0 Å². The molecule has 0 saturated carbocycles. The Morgan fingerprint density at radius 3 is 2.74 bits per heavy atom. The second-order valence-corrected chi connectivity index (χ2v) is 8.14. The molecule has 0 bridgehead atoms. The summed E-state index contributed by atoms with van der Waals surface area (Å²) in [6, 6.07) is 8.09. The standard InChI is InChI=1S/C22H30N8O/c23-21(24)25-9-3-4-10-30-11-7-15(8-12-30)17-14-26-22(29-20(17)31)28-19-13-16-5-1-2-6-18(16)27-19/h1-2,5-6,14-15H,3-4,7-13H2,(H4,23,24,25)(H2,26,27,28,29,31). The summed E-state index contributed by atoms with van der Waals surface area (Å²) in [5, 5.41) is 3.28. The fourth-order valence-electron chi connectivity index (χ4n) is 4.24. The first-order valence-corrected chi connectivity index (χ1v) is 10.9. The van der Waals surface area contributed by atoms with Crippen molar-refractivity contribution in [2.24, 2.45) is 21.5 Å². The molecule has 3 heterocycles. The van der Waals surface area contributed by atoms with Crippen molar-refractivity contribution in [1.82, 2.24) is 14.9 Å². The molecule has 0 unspecified atom stereocenters. The lowest BCUT2D eigenvalue weighted by atomic mass is 9.91. The monoisotopic (exact) mass is 422 g/mol. The number of rotatable bonds is 7. The van der Waals surface area contributed by atoms with Crippen molar-refractivity contribution in [3.8, 4) is 0 Å².